The largest absolute Gasteiger partial charge is 0.480 e. The van der Waals surface area contributed by atoms with Crippen molar-refractivity contribution in [3.63, 3.8) is 0 Å². The maximum atomic E-state index is 11.5. The average Bonchev–Trinajstić information content (AvgIpc) is 2.33. The number of aliphatic carboxylic acids is 1. The van der Waals surface area contributed by atoms with Crippen LogP contribution >= 0.6 is 0 Å². The smallest absolute Gasteiger partial charge is 0.326 e. The lowest BCUT2D eigenvalue weighted by atomic mass is 10.1. The number of amides is 2. The van der Waals surface area contributed by atoms with E-state index in [1.54, 1.807) is 0 Å². The van der Waals surface area contributed by atoms with E-state index in [2.05, 4.69) is 17.6 Å². The Kier molecular flexibility index (Phi) is 9.62. The molecule has 0 bridgehead atoms. The van der Waals surface area contributed by atoms with Crippen LogP contribution in [0.2, 0.25) is 0 Å². The molecule has 0 aliphatic heterocycles. The van der Waals surface area contributed by atoms with Crippen LogP contribution < -0.4 is 10.6 Å². The Morgan fingerprint density at radius 2 is 2.00 bits per heavy atom. The summed E-state index contributed by atoms with van der Waals surface area (Å²) in [6, 6.07) is -0.946. The Morgan fingerprint density at radius 3 is 2.56 bits per heavy atom. The topological polar surface area (TPSA) is 95.5 Å². The summed E-state index contributed by atoms with van der Waals surface area (Å²) in [5.41, 5.74) is 0. The van der Waals surface area contributed by atoms with E-state index in [4.69, 9.17) is 5.11 Å². The molecule has 0 aromatic rings. The lowest BCUT2D eigenvalue weighted by molar-refractivity contribution is -0.142. The van der Waals surface area contributed by atoms with Gasteiger partial charge in [0.15, 0.2) is 0 Å². The van der Waals surface area contributed by atoms with Crippen molar-refractivity contribution in [1.82, 2.24) is 10.6 Å². The van der Waals surface area contributed by atoms with Gasteiger partial charge >= 0.3 is 5.97 Å². The van der Waals surface area contributed by atoms with E-state index in [9.17, 15) is 14.4 Å². The van der Waals surface area contributed by atoms with Crippen LogP contribution in [0.3, 0.4) is 0 Å². The summed E-state index contributed by atoms with van der Waals surface area (Å²) < 4.78 is 0. The van der Waals surface area contributed by atoms with Gasteiger partial charge in [-0.1, -0.05) is 26.2 Å². The van der Waals surface area contributed by atoms with Crippen LogP contribution in [0.4, 0.5) is 0 Å². The Hall–Kier alpha value is -1.59. The standard InChI is InChI=1S/C12H21N2O4/c1-2-3-4-5-6-11(16)14-10(12(17)18)7-8-13-9-15/h9-10H,1-8H2,(H,13,15)(H,14,16)(H,17,18). The van der Waals surface area contributed by atoms with Gasteiger partial charge in [0.25, 0.3) is 0 Å². The molecule has 0 heterocycles. The van der Waals surface area contributed by atoms with Crippen LogP contribution in [0.5, 0.6) is 0 Å². The number of carboxylic acid groups (broad SMARTS) is 1. The van der Waals surface area contributed by atoms with Crippen molar-refractivity contribution in [2.75, 3.05) is 6.54 Å². The number of carbonyl (C=O) groups is 3. The van der Waals surface area contributed by atoms with Crippen molar-refractivity contribution < 1.29 is 19.5 Å². The highest BCUT2D eigenvalue weighted by Crippen LogP contribution is 2.02. The molecule has 0 saturated carbocycles. The van der Waals surface area contributed by atoms with Gasteiger partial charge in [-0.15, -0.1) is 0 Å². The number of nitrogens with one attached hydrogen (secondary N) is 2. The minimum atomic E-state index is -1.09. The van der Waals surface area contributed by atoms with Gasteiger partial charge in [0.1, 0.15) is 6.04 Å². The number of carboxylic acids is 1. The van der Waals surface area contributed by atoms with Crippen LogP contribution in [-0.4, -0.2) is 36.0 Å². The lowest BCUT2D eigenvalue weighted by Gasteiger charge is -2.14. The fourth-order valence-corrected chi connectivity index (χ4v) is 1.45. The first-order valence-corrected chi connectivity index (χ1v) is 6.10. The molecule has 0 saturated heterocycles. The van der Waals surface area contributed by atoms with E-state index in [0.717, 1.165) is 25.7 Å². The van der Waals surface area contributed by atoms with Crippen molar-refractivity contribution in [1.29, 1.82) is 0 Å². The number of carbonyl (C=O) groups excluding carboxylic acids is 2. The monoisotopic (exact) mass is 257 g/mol. The third kappa shape index (κ3) is 8.55. The van der Waals surface area contributed by atoms with E-state index in [0.29, 0.717) is 12.8 Å². The fraction of sp³-hybridized carbons (Fsp3) is 0.667. The highest BCUT2D eigenvalue weighted by atomic mass is 16.4. The van der Waals surface area contributed by atoms with Gasteiger partial charge in [-0.2, -0.15) is 0 Å². The molecule has 1 unspecified atom stereocenters. The van der Waals surface area contributed by atoms with Crippen LogP contribution in [0, 0.1) is 6.92 Å². The fourth-order valence-electron chi connectivity index (χ4n) is 1.45. The molecule has 0 spiro atoms. The summed E-state index contributed by atoms with van der Waals surface area (Å²) in [4.78, 5) is 32.4. The minimum Gasteiger partial charge on any atom is -0.480 e. The molecule has 1 radical (unpaired) electrons. The summed E-state index contributed by atoms with van der Waals surface area (Å²) >= 11 is 0. The summed E-state index contributed by atoms with van der Waals surface area (Å²) in [6.07, 6.45) is 4.47. The summed E-state index contributed by atoms with van der Waals surface area (Å²) in [5.74, 6) is -1.36. The molecule has 0 fully saturated rings. The van der Waals surface area contributed by atoms with Gasteiger partial charge < -0.3 is 15.7 Å². The van der Waals surface area contributed by atoms with Crippen LogP contribution in [0.15, 0.2) is 0 Å². The third-order valence-electron chi connectivity index (χ3n) is 2.45. The molecular formula is C12H21N2O4. The molecule has 3 N–H and O–H groups in total. The highest BCUT2D eigenvalue weighted by Gasteiger charge is 2.18. The molecule has 2 amide bonds. The number of rotatable bonds is 11. The molecule has 18 heavy (non-hydrogen) atoms. The first-order chi connectivity index (χ1) is 8.61. The first-order valence-electron chi connectivity index (χ1n) is 6.10. The normalized spacial score (nSPS) is 11.6. The van der Waals surface area contributed by atoms with Gasteiger partial charge in [0, 0.05) is 13.0 Å². The van der Waals surface area contributed by atoms with Crippen molar-refractivity contribution >= 4 is 18.3 Å². The predicted octanol–water partition coefficient (Wildman–Crippen LogP) is 0.476. The molecule has 0 aliphatic carbocycles. The van der Waals surface area contributed by atoms with Gasteiger partial charge in [-0.05, 0) is 12.8 Å². The average molecular weight is 257 g/mol. The zero-order valence-corrected chi connectivity index (χ0v) is 10.5. The van der Waals surface area contributed by atoms with Crippen LogP contribution in [0.25, 0.3) is 0 Å². The molecule has 6 nitrogen and oxygen atoms in total. The maximum Gasteiger partial charge on any atom is 0.326 e. The van der Waals surface area contributed by atoms with Crippen molar-refractivity contribution in [2.24, 2.45) is 0 Å². The van der Waals surface area contributed by atoms with Crippen LogP contribution in [-0.2, 0) is 14.4 Å². The summed E-state index contributed by atoms with van der Waals surface area (Å²) in [6.45, 7) is 3.93. The lowest BCUT2D eigenvalue weighted by Crippen LogP contribution is -2.42. The Morgan fingerprint density at radius 1 is 1.28 bits per heavy atom. The number of hydrogen-bond donors (Lipinski definition) is 3. The van der Waals surface area contributed by atoms with E-state index in [-0.39, 0.29) is 18.9 Å². The number of hydrogen-bond acceptors (Lipinski definition) is 3. The van der Waals surface area contributed by atoms with E-state index in [1.165, 1.54) is 0 Å². The molecular weight excluding hydrogens is 236 g/mol. The maximum absolute atomic E-state index is 11.5. The van der Waals surface area contributed by atoms with E-state index in [1.807, 2.05) is 0 Å². The first kappa shape index (κ1) is 16.4. The summed E-state index contributed by atoms with van der Waals surface area (Å²) in [5, 5.41) is 13.7. The van der Waals surface area contributed by atoms with Crippen LogP contribution in [0.1, 0.15) is 38.5 Å². The van der Waals surface area contributed by atoms with Gasteiger partial charge in [-0.3, -0.25) is 9.59 Å². The molecule has 0 aromatic carbocycles. The SMILES string of the molecule is [CH2]CCCCCC(=O)NC(CCNC=O)C(=O)O. The Bertz CT molecular complexity index is 269. The number of unbranched alkanes of at least 4 members (excludes halogenated alkanes) is 3. The molecule has 1 atom stereocenters. The van der Waals surface area contributed by atoms with Crippen molar-refractivity contribution in [3.8, 4) is 0 Å². The minimum absolute atomic E-state index is 0.179. The van der Waals surface area contributed by atoms with Gasteiger partial charge in [0.05, 0.1) is 0 Å². The second-order valence-corrected chi connectivity index (χ2v) is 3.98. The molecule has 0 rings (SSSR count). The second-order valence-electron chi connectivity index (χ2n) is 3.98. The zero-order valence-electron chi connectivity index (χ0n) is 10.5. The molecule has 6 heteroatoms. The second kappa shape index (κ2) is 10.6. The molecule has 0 aromatic heterocycles. The highest BCUT2D eigenvalue weighted by molar-refractivity contribution is 5.83. The third-order valence-corrected chi connectivity index (χ3v) is 2.45. The van der Waals surface area contributed by atoms with E-state index < -0.39 is 12.0 Å². The predicted molar refractivity (Wildman–Crippen MR) is 66.7 cm³/mol. The van der Waals surface area contributed by atoms with Crippen molar-refractivity contribution in [3.05, 3.63) is 6.92 Å². The van der Waals surface area contributed by atoms with Crippen molar-refractivity contribution in [2.45, 2.75) is 44.6 Å². The quantitative estimate of drug-likeness (QED) is 0.370. The van der Waals surface area contributed by atoms with Gasteiger partial charge in [0.2, 0.25) is 12.3 Å². The summed E-state index contributed by atoms with van der Waals surface area (Å²) in [7, 11) is 0. The Balaban J connectivity index is 3.88. The molecule has 0 aliphatic rings. The van der Waals surface area contributed by atoms with Gasteiger partial charge in [-0.25, -0.2) is 4.79 Å². The Labute approximate surface area is 107 Å². The zero-order chi connectivity index (χ0) is 13.8. The molecule has 103 valence electrons. The van der Waals surface area contributed by atoms with E-state index >= 15 is 0 Å².